The van der Waals surface area contributed by atoms with E-state index in [4.69, 9.17) is 23.2 Å². The maximum absolute atomic E-state index is 6.19. The van der Waals surface area contributed by atoms with E-state index in [1.807, 2.05) is 18.2 Å². The molecule has 0 aromatic heterocycles. The fraction of sp³-hybridized carbons (Fsp3) is 0.600. The molecule has 1 fully saturated rings. The zero-order valence-electron chi connectivity index (χ0n) is 11.9. The second-order valence-electron chi connectivity index (χ2n) is 5.03. The van der Waals surface area contributed by atoms with Gasteiger partial charge in [0.15, 0.2) is 0 Å². The molecule has 112 valence electrons. The Bertz CT molecular complexity index is 422. The molecule has 1 aromatic rings. The Balaban J connectivity index is 1.82. The van der Waals surface area contributed by atoms with E-state index in [0.717, 1.165) is 52.9 Å². The van der Waals surface area contributed by atoms with Gasteiger partial charge in [-0.2, -0.15) is 0 Å². The van der Waals surface area contributed by atoms with Crippen molar-refractivity contribution in [3.05, 3.63) is 28.2 Å². The molecule has 1 N–H and O–H groups in total. The van der Waals surface area contributed by atoms with Gasteiger partial charge in [-0.05, 0) is 50.7 Å². The molecule has 20 heavy (non-hydrogen) atoms. The molecule has 0 unspecified atom stereocenters. The lowest BCUT2D eigenvalue weighted by atomic mass is 10.1. The Morgan fingerprint density at radius 2 is 2.05 bits per heavy atom. The number of benzene rings is 1. The molecule has 1 aliphatic rings. The summed E-state index contributed by atoms with van der Waals surface area (Å²) < 4.78 is 0. The van der Waals surface area contributed by atoms with Crippen LogP contribution in [-0.2, 0) is 0 Å². The number of hydrogen-bond acceptors (Lipinski definition) is 3. The number of piperidine rings is 1. The molecule has 5 heteroatoms. The molecule has 0 amide bonds. The van der Waals surface area contributed by atoms with Gasteiger partial charge in [0.25, 0.3) is 0 Å². The molecule has 0 atom stereocenters. The minimum Gasteiger partial charge on any atom is -0.317 e. The van der Waals surface area contributed by atoms with Crippen LogP contribution in [-0.4, -0.2) is 42.9 Å². The molecule has 0 spiro atoms. The van der Waals surface area contributed by atoms with E-state index >= 15 is 0 Å². The highest BCUT2D eigenvalue weighted by Gasteiger charge is 2.19. The van der Waals surface area contributed by atoms with Crippen molar-refractivity contribution in [2.45, 2.75) is 30.7 Å². The van der Waals surface area contributed by atoms with Crippen molar-refractivity contribution in [1.29, 1.82) is 0 Å². The van der Waals surface area contributed by atoms with Gasteiger partial charge in [-0.25, -0.2) is 0 Å². The van der Waals surface area contributed by atoms with E-state index in [0.29, 0.717) is 0 Å². The molecule has 1 heterocycles. The topological polar surface area (TPSA) is 15.3 Å². The number of hydrogen-bond donors (Lipinski definition) is 1. The smallest absolute Gasteiger partial charge is 0.0542 e. The highest BCUT2D eigenvalue weighted by atomic mass is 35.5. The van der Waals surface area contributed by atoms with Crippen molar-refractivity contribution in [1.82, 2.24) is 10.2 Å². The molecule has 0 bridgehead atoms. The molecule has 1 aromatic carbocycles. The van der Waals surface area contributed by atoms with Gasteiger partial charge in [-0.3, -0.25) is 4.90 Å². The van der Waals surface area contributed by atoms with Crippen LogP contribution in [0.25, 0.3) is 0 Å². The Kier molecular flexibility index (Phi) is 6.99. The quantitative estimate of drug-likeness (QED) is 0.787. The Morgan fingerprint density at radius 1 is 1.30 bits per heavy atom. The summed E-state index contributed by atoms with van der Waals surface area (Å²) in [6.07, 6.45) is 2.52. The first-order chi connectivity index (χ1) is 9.70. The van der Waals surface area contributed by atoms with Gasteiger partial charge in [-0.15, -0.1) is 11.8 Å². The molecule has 0 radical (unpaired) electrons. The molecular formula is C15H22Cl2N2S. The van der Waals surface area contributed by atoms with Crippen LogP contribution in [0.4, 0.5) is 0 Å². The summed E-state index contributed by atoms with van der Waals surface area (Å²) in [5.74, 6) is 1.05. The fourth-order valence-corrected chi connectivity index (χ4v) is 4.11. The van der Waals surface area contributed by atoms with Gasteiger partial charge in [0.2, 0.25) is 0 Å². The second kappa shape index (κ2) is 8.50. The summed E-state index contributed by atoms with van der Waals surface area (Å²) >= 11 is 14.0. The van der Waals surface area contributed by atoms with Crippen molar-refractivity contribution in [3.63, 3.8) is 0 Å². The number of nitrogens with zero attached hydrogens (tertiary/aromatic N) is 1. The van der Waals surface area contributed by atoms with Crippen LogP contribution in [0.3, 0.4) is 0 Å². The van der Waals surface area contributed by atoms with Crippen LogP contribution in [0.5, 0.6) is 0 Å². The summed E-state index contributed by atoms with van der Waals surface area (Å²) in [6.45, 7) is 6.77. The van der Waals surface area contributed by atoms with Crippen molar-refractivity contribution in [3.8, 4) is 0 Å². The number of nitrogens with one attached hydrogen (secondary N) is 1. The largest absolute Gasteiger partial charge is 0.317 e. The standard InChI is InChI=1S/C15H22Cl2N2S/c1-2-19(13-5-7-18-8-6-13)9-10-20-15-11-12(16)3-4-14(15)17/h3-4,11,13,18H,2,5-10H2,1H3. The fourth-order valence-electron chi connectivity index (χ4n) is 2.63. The van der Waals surface area contributed by atoms with E-state index in [9.17, 15) is 0 Å². The zero-order valence-corrected chi connectivity index (χ0v) is 14.2. The van der Waals surface area contributed by atoms with E-state index in [-0.39, 0.29) is 0 Å². The third-order valence-corrected chi connectivity index (χ3v) is 5.47. The van der Waals surface area contributed by atoms with Crippen LogP contribution in [0, 0.1) is 0 Å². The monoisotopic (exact) mass is 332 g/mol. The predicted octanol–water partition coefficient (Wildman–Crippen LogP) is 4.16. The van der Waals surface area contributed by atoms with Gasteiger partial charge in [-0.1, -0.05) is 30.1 Å². The van der Waals surface area contributed by atoms with E-state index in [1.54, 1.807) is 11.8 Å². The van der Waals surface area contributed by atoms with Crippen molar-refractivity contribution in [2.75, 3.05) is 31.9 Å². The molecule has 2 rings (SSSR count). The highest BCUT2D eigenvalue weighted by molar-refractivity contribution is 7.99. The summed E-state index contributed by atoms with van der Waals surface area (Å²) in [4.78, 5) is 3.67. The average Bonchev–Trinajstić information content (AvgIpc) is 2.48. The summed E-state index contributed by atoms with van der Waals surface area (Å²) in [5, 5.41) is 4.97. The molecule has 0 aliphatic carbocycles. The van der Waals surface area contributed by atoms with E-state index < -0.39 is 0 Å². The van der Waals surface area contributed by atoms with Gasteiger partial charge in [0, 0.05) is 28.3 Å². The SMILES string of the molecule is CCN(CCSc1cc(Cl)ccc1Cl)C1CCNCC1. The van der Waals surface area contributed by atoms with Crippen molar-refractivity contribution < 1.29 is 0 Å². The highest BCUT2D eigenvalue weighted by Crippen LogP contribution is 2.30. The maximum Gasteiger partial charge on any atom is 0.0542 e. The van der Waals surface area contributed by atoms with Crippen LogP contribution in [0.2, 0.25) is 10.0 Å². The summed E-state index contributed by atoms with van der Waals surface area (Å²) in [5.41, 5.74) is 0. The lowest BCUT2D eigenvalue weighted by Gasteiger charge is -2.33. The normalized spacial score (nSPS) is 16.8. The van der Waals surface area contributed by atoms with Gasteiger partial charge in [0.05, 0.1) is 5.02 Å². The summed E-state index contributed by atoms with van der Waals surface area (Å²) in [6, 6.07) is 6.39. The Morgan fingerprint density at radius 3 is 2.75 bits per heavy atom. The first-order valence-electron chi connectivity index (χ1n) is 7.23. The van der Waals surface area contributed by atoms with Crippen LogP contribution >= 0.6 is 35.0 Å². The van der Waals surface area contributed by atoms with Crippen molar-refractivity contribution >= 4 is 35.0 Å². The zero-order chi connectivity index (χ0) is 14.4. The average molecular weight is 333 g/mol. The Hall–Kier alpha value is 0.0700. The first kappa shape index (κ1) is 16.4. The predicted molar refractivity (Wildman–Crippen MR) is 90.3 cm³/mol. The first-order valence-corrected chi connectivity index (χ1v) is 8.97. The molecular weight excluding hydrogens is 311 g/mol. The molecule has 2 nitrogen and oxygen atoms in total. The minimum atomic E-state index is 0.733. The third kappa shape index (κ3) is 4.81. The number of halogens is 2. The van der Waals surface area contributed by atoms with Gasteiger partial charge < -0.3 is 5.32 Å². The minimum absolute atomic E-state index is 0.733. The number of thioether (sulfide) groups is 1. The van der Waals surface area contributed by atoms with Gasteiger partial charge >= 0.3 is 0 Å². The van der Waals surface area contributed by atoms with Gasteiger partial charge in [0.1, 0.15) is 0 Å². The molecule has 1 aliphatic heterocycles. The molecule has 1 saturated heterocycles. The van der Waals surface area contributed by atoms with Crippen LogP contribution < -0.4 is 5.32 Å². The third-order valence-electron chi connectivity index (χ3n) is 3.76. The maximum atomic E-state index is 6.19. The summed E-state index contributed by atoms with van der Waals surface area (Å²) in [7, 11) is 0. The lowest BCUT2D eigenvalue weighted by Crippen LogP contribution is -2.43. The Labute approximate surface area is 136 Å². The number of rotatable bonds is 6. The van der Waals surface area contributed by atoms with Crippen LogP contribution in [0.1, 0.15) is 19.8 Å². The van der Waals surface area contributed by atoms with E-state index in [2.05, 4.69) is 17.1 Å². The van der Waals surface area contributed by atoms with Crippen molar-refractivity contribution in [2.24, 2.45) is 0 Å². The van der Waals surface area contributed by atoms with Crippen LogP contribution in [0.15, 0.2) is 23.1 Å². The molecule has 0 saturated carbocycles. The second-order valence-corrected chi connectivity index (χ2v) is 7.01. The van der Waals surface area contributed by atoms with E-state index in [1.165, 1.54) is 12.8 Å². The lowest BCUT2D eigenvalue weighted by molar-refractivity contribution is 0.180.